The molecule has 0 bridgehead atoms. The van der Waals surface area contributed by atoms with Crippen molar-refractivity contribution >= 4 is 33.2 Å². The summed E-state index contributed by atoms with van der Waals surface area (Å²) in [6, 6.07) is 9.42. The van der Waals surface area contributed by atoms with Crippen LogP contribution in [0.5, 0.6) is 0 Å². The van der Waals surface area contributed by atoms with Crippen LogP contribution >= 0.6 is 15.9 Å². The highest BCUT2D eigenvalue weighted by Gasteiger charge is 2.31. The molecule has 1 amide bonds. The summed E-state index contributed by atoms with van der Waals surface area (Å²) >= 11 is 3.40. The van der Waals surface area contributed by atoms with Gasteiger partial charge in [0.15, 0.2) is 0 Å². The van der Waals surface area contributed by atoms with Gasteiger partial charge in [-0.3, -0.25) is 9.78 Å². The van der Waals surface area contributed by atoms with Crippen LogP contribution in [0.3, 0.4) is 0 Å². The standard InChI is InChI=1S/C14H12BrN3O/c15-11-6-9-10(5-8-3-1-2-4-17-8)14(19)18-13(9)7-12(11)16/h1-4,6-7,10H,5,16H2,(H,18,19). The second-order valence-electron chi connectivity index (χ2n) is 4.53. The predicted octanol–water partition coefficient (Wildman–Crippen LogP) is 2.70. The number of carbonyl (C=O) groups excluding carboxylic acids is 1. The van der Waals surface area contributed by atoms with Crippen molar-refractivity contribution in [2.75, 3.05) is 11.1 Å². The Morgan fingerprint density at radius 3 is 2.95 bits per heavy atom. The summed E-state index contributed by atoms with van der Waals surface area (Å²) in [6.07, 6.45) is 2.33. The number of hydrogen-bond donors (Lipinski definition) is 2. The molecule has 1 aromatic heterocycles. The van der Waals surface area contributed by atoms with Crippen LogP contribution in [-0.4, -0.2) is 10.9 Å². The number of rotatable bonds is 2. The monoisotopic (exact) mass is 317 g/mol. The van der Waals surface area contributed by atoms with E-state index < -0.39 is 0 Å². The predicted molar refractivity (Wildman–Crippen MR) is 77.9 cm³/mol. The van der Waals surface area contributed by atoms with Gasteiger partial charge in [-0.05, 0) is 45.8 Å². The van der Waals surface area contributed by atoms with Crippen molar-refractivity contribution in [3.8, 4) is 0 Å². The topological polar surface area (TPSA) is 68.0 Å². The number of fused-ring (bicyclic) bond motifs is 1. The molecule has 0 saturated heterocycles. The lowest BCUT2D eigenvalue weighted by atomic mass is 9.95. The van der Waals surface area contributed by atoms with Crippen LogP contribution in [0.25, 0.3) is 0 Å². The van der Waals surface area contributed by atoms with Crippen molar-refractivity contribution in [3.05, 3.63) is 52.3 Å². The van der Waals surface area contributed by atoms with Crippen LogP contribution in [-0.2, 0) is 11.2 Å². The molecule has 1 aliphatic heterocycles. The van der Waals surface area contributed by atoms with Crippen molar-refractivity contribution in [1.82, 2.24) is 4.98 Å². The van der Waals surface area contributed by atoms with E-state index in [9.17, 15) is 4.79 Å². The summed E-state index contributed by atoms with van der Waals surface area (Å²) < 4.78 is 0.814. The molecule has 0 saturated carbocycles. The van der Waals surface area contributed by atoms with Gasteiger partial charge in [0.05, 0.1) is 5.92 Å². The molecule has 4 nitrogen and oxygen atoms in total. The number of aromatic nitrogens is 1. The van der Waals surface area contributed by atoms with E-state index >= 15 is 0 Å². The zero-order valence-corrected chi connectivity index (χ0v) is 11.6. The number of nitrogens with two attached hydrogens (primary N) is 1. The summed E-state index contributed by atoms with van der Waals surface area (Å²) in [5.41, 5.74) is 9.12. The molecule has 0 fully saturated rings. The smallest absolute Gasteiger partial charge is 0.232 e. The molecule has 3 N–H and O–H groups in total. The number of halogens is 1. The van der Waals surface area contributed by atoms with Crippen molar-refractivity contribution in [3.63, 3.8) is 0 Å². The quantitative estimate of drug-likeness (QED) is 0.837. The Hall–Kier alpha value is -1.88. The molecule has 1 atom stereocenters. The SMILES string of the molecule is Nc1cc2c(cc1Br)C(Cc1ccccn1)C(=O)N2. The summed E-state index contributed by atoms with van der Waals surface area (Å²) in [5, 5.41) is 2.87. The van der Waals surface area contributed by atoms with E-state index in [2.05, 4.69) is 26.2 Å². The van der Waals surface area contributed by atoms with Crippen LogP contribution in [0, 0.1) is 0 Å². The Morgan fingerprint density at radius 2 is 2.21 bits per heavy atom. The maximum atomic E-state index is 12.1. The van der Waals surface area contributed by atoms with E-state index in [4.69, 9.17) is 5.73 Å². The second kappa shape index (κ2) is 4.66. The summed E-state index contributed by atoms with van der Waals surface area (Å²) in [5.74, 6) is -0.208. The Labute approximate surface area is 119 Å². The lowest BCUT2D eigenvalue weighted by molar-refractivity contribution is -0.117. The van der Waals surface area contributed by atoms with Gasteiger partial charge in [-0.2, -0.15) is 0 Å². The van der Waals surface area contributed by atoms with Crippen LogP contribution in [0.4, 0.5) is 11.4 Å². The molecule has 1 aliphatic rings. The molecule has 19 heavy (non-hydrogen) atoms. The molecule has 0 spiro atoms. The normalized spacial score (nSPS) is 17.1. The third-order valence-corrected chi connectivity index (χ3v) is 3.94. The number of nitrogens with zero attached hydrogens (tertiary/aromatic N) is 1. The van der Waals surface area contributed by atoms with Crippen LogP contribution in [0.1, 0.15) is 17.2 Å². The van der Waals surface area contributed by atoms with Crippen LogP contribution in [0.2, 0.25) is 0 Å². The highest BCUT2D eigenvalue weighted by molar-refractivity contribution is 9.10. The fourth-order valence-electron chi connectivity index (χ4n) is 2.29. The van der Waals surface area contributed by atoms with Crippen molar-refractivity contribution < 1.29 is 4.79 Å². The van der Waals surface area contributed by atoms with E-state index in [1.54, 1.807) is 12.3 Å². The summed E-state index contributed by atoms with van der Waals surface area (Å²) in [4.78, 5) is 16.3. The lowest BCUT2D eigenvalue weighted by Gasteiger charge is -2.09. The third kappa shape index (κ3) is 2.21. The minimum atomic E-state index is -0.207. The number of nitrogens with one attached hydrogen (secondary N) is 1. The Balaban J connectivity index is 1.96. The van der Waals surface area contributed by atoms with Crippen molar-refractivity contribution in [2.45, 2.75) is 12.3 Å². The van der Waals surface area contributed by atoms with Gasteiger partial charge in [0.2, 0.25) is 5.91 Å². The van der Waals surface area contributed by atoms with Gasteiger partial charge in [-0.1, -0.05) is 6.07 Å². The summed E-state index contributed by atoms with van der Waals surface area (Å²) in [6.45, 7) is 0. The van der Waals surface area contributed by atoms with E-state index in [-0.39, 0.29) is 11.8 Å². The first-order chi connectivity index (χ1) is 9.15. The van der Waals surface area contributed by atoms with E-state index in [0.717, 1.165) is 21.4 Å². The van der Waals surface area contributed by atoms with Gasteiger partial charge < -0.3 is 11.1 Å². The molecular weight excluding hydrogens is 306 g/mol. The molecule has 1 aromatic carbocycles. The van der Waals surface area contributed by atoms with Crippen molar-refractivity contribution in [1.29, 1.82) is 0 Å². The Bertz CT molecular complexity index is 643. The summed E-state index contributed by atoms with van der Waals surface area (Å²) in [7, 11) is 0. The zero-order chi connectivity index (χ0) is 13.4. The molecule has 0 radical (unpaired) electrons. The highest BCUT2D eigenvalue weighted by Crippen LogP contribution is 2.38. The number of carbonyl (C=O) groups is 1. The second-order valence-corrected chi connectivity index (χ2v) is 5.38. The minimum Gasteiger partial charge on any atom is -0.398 e. The number of amides is 1. The molecule has 5 heteroatoms. The van der Waals surface area contributed by atoms with Gasteiger partial charge in [-0.15, -0.1) is 0 Å². The first kappa shape index (κ1) is 12.2. The average molecular weight is 318 g/mol. The number of nitrogen functional groups attached to an aromatic ring is 1. The lowest BCUT2D eigenvalue weighted by Crippen LogP contribution is -2.14. The molecule has 96 valence electrons. The first-order valence-electron chi connectivity index (χ1n) is 5.95. The first-order valence-corrected chi connectivity index (χ1v) is 6.74. The molecular formula is C14H12BrN3O. The molecule has 3 rings (SSSR count). The largest absolute Gasteiger partial charge is 0.398 e. The van der Waals surface area contributed by atoms with E-state index in [1.165, 1.54) is 0 Å². The fourth-order valence-corrected chi connectivity index (χ4v) is 2.65. The molecule has 0 aliphatic carbocycles. The Morgan fingerprint density at radius 1 is 1.37 bits per heavy atom. The number of pyridine rings is 1. The zero-order valence-electron chi connectivity index (χ0n) is 10.1. The minimum absolute atomic E-state index is 0.00171. The van der Waals surface area contributed by atoms with Crippen LogP contribution < -0.4 is 11.1 Å². The third-order valence-electron chi connectivity index (χ3n) is 3.26. The van der Waals surface area contributed by atoms with E-state index in [1.807, 2.05) is 24.3 Å². The maximum absolute atomic E-state index is 12.1. The number of benzene rings is 1. The van der Waals surface area contributed by atoms with Gasteiger partial charge in [0, 0.05) is 34.2 Å². The van der Waals surface area contributed by atoms with Gasteiger partial charge >= 0.3 is 0 Å². The van der Waals surface area contributed by atoms with Gasteiger partial charge in [0.25, 0.3) is 0 Å². The molecule has 2 aromatic rings. The highest BCUT2D eigenvalue weighted by atomic mass is 79.9. The van der Waals surface area contributed by atoms with Gasteiger partial charge in [0.1, 0.15) is 0 Å². The van der Waals surface area contributed by atoms with Crippen LogP contribution in [0.15, 0.2) is 41.0 Å². The number of anilines is 2. The van der Waals surface area contributed by atoms with E-state index in [0.29, 0.717) is 12.1 Å². The molecule has 2 heterocycles. The fraction of sp³-hybridized carbons (Fsp3) is 0.143. The molecule has 1 unspecified atom stereocenters. The Kier molecular flexibility index (Phi) is 2.98. The maximum Gasteiger partial charge on any atom is 0.232 e. The number of hydrogen-bond acceptors (Lipinski definition) is 3. The average Bonchev–Trinajstić information content (AvgIpc) is 2.68. The van der Waals surface area contributed by atoms with Gasteiger partial charge in [-0.25, -0.2) is 0 Å². The van der Waals surface area contributed by atoms with Crippen molar-refractivity contribution in [2.24, 2.45) is 0 Å².